The molecule has 0 aliphatic carbocycles. The minimum Gasteiger partial charge on any atom is -0.398 e. The predicted molar refractivity (Wildman–Crippen MR) is 140 cm³/mol. The molecule has 0 aromatic heterocycles. The summed E-state index contributed by atoms with van der Waals surface area (Å²) in [5.74, 6) is -0.219. The number of anilines is 2. The lowest BCUT2D eigenvalue weighted by Gasteiger charge is -2.13. The summed E-state index contributed by atoms with van der Waals surface area (Å²) in [4.78, 5) is 0. The molecule has 0 spiro atoms. The first-order valence-electron chi connectivity index (χ1n) is 11.5. The Morgan fingerprint density at radius 1 is 0.829 bits per heavy atom. The predicted octanol–water partition coefficient (Wildman–Crippen LogP) is 6.59. The van der Waals surface area contributed by atoms with Gasteiger partial charge in [-0.25, -0.2) is 4.39 Å². The maximum absolute atomic E-state index is 13.3. The highest BCUT2D eigenvalue weighted by Crippen LogP contribution is 2.31. The highest BCUT2D eigenvalue weighted by Gasteiger charge is 2.32. The van der Waals surface area contributed by atoms with Crippen molar-refractivity contribution in [3.63, 3.8) is 0 Å². The van der Waals surface area contributed by atoms with Crippen LogP contribution in [0.5, 0.6) is 0 Å². The van der Waals surface area contributed by atoms with Crippen molar-refractivity contribution in [2.45, 2.75) is 46.3 Å². The van der Waals surface area contributed by atoms with E-state index >= 15 is 0 Å². The van der Waals surface area contributed by atoms with Gasteiger partial charge in [-0.3, -0.25) is 0 Å². The molecule has 3 aromatic carbocycles. The number of halogens is 4. The third-order valence-electron chi connectivity index (χ3n) is 4.62. The molecule has 0 atom stereocenters. The fourth-order valence-electron chi connectivity index (χ4n) is 3.00. The largest absolute Gasteiger partial charge is 0.416 e. The molecule has 0 unspecified atom stereocenters. The monoisotopic (exact) mass is 494 g/mol. The molecule has 4 nitrogen and oxygen atoms in total. The van der Waals surface area contributed by atoms with Crippen LogP contribution in [0.2, 0.25) is 0 Å². The molecule has 0 radical (unpaired) electrons. The van der Waals surface area contributed by atoms with E-state index in [1.807, 2.05) is 44.2 Å². The average Bonchev–Trinajstić information content (AvgIpc) is 2.87. The van der Waals surface area contributed by atoms with Crippen LogP contribution in [0.15, 0.2) is 66.7 Å². The number of hydrogen-bond donors (Lipinski definition) is 4. The molecule has 35 heavy (non-hydrogen) atoms. The maximum Gasteiger partial charge on any atom is 0.416 e. The van der Waals surface area contributed by atoms with Crippen molar-refractivity contribution in [2.24, 2.45) is 11.5 Å². The second-order valence-corrected chi connectivity index (χ2v) is 6.96. The van der Waals surface area contributed by atoms with Gasteiger partial charge in [0.2, 0.25) is 0 Å². The molecule has 8 heteroatoms. The molecule has 0 saturated carbocycles. The smallest absolute Gasteiger partial charge is 0.398 e. The summed E-state index contributed by atoms with van der Waals surface area (Å²) in [5.41, 5.74) is 18.8. The average molecular weight is 495 g/mol. The van der Waals surface area contributed by atoms with Gasteiger partial charge in [0.1, 0.15) is 5.82 Å². The highest BCUT2D eigenvalue weighted by atomic mass is 19.4. The van der Waals surface area contributed by atoms with E-state index < -0.39 is 11.7 Å². The van der Waals surface area contributed by atoms with E-state index in [1.54, 1.807) is 6.07 Å². The van der Waals surface area contributed by atoms with E-state index in [0.29, 0.717) is 6.42 Å². The summed E-state index contributed by atoms with van der Waals surface area (Å²) in [6.07, 6.45) is -2.58. The van der Waals surface area contributed by atoms with Crippen LogP contribution >= 0.6 is 0 Å². The van der Waals surface area contributed by atoms with Gasteiger partial charge in [0.05, 0.1) is 5.56 Å². The fraction of sp³-hybridized carbons (Fsp3) is 0.333. The zero-order chi connectivity index (χ0) is 26.9. The molecule has 0 heterocycles. The topological polar surface area (TPSA) is 90.1 Å². The third kappa shape index (κ3) is 11.2. The Kier molecular flexibility index (Phi) is 15.8. The second kappa shape index (κ2) is 17.4. The quantitative estimate of drug-likeness (QED) is 0.230. The van der Waals surface area contributed by atoms with Gasteiger partial charge in [0.25, 0.3) is 0 Å². The van der Waals surface area contributed by atoms with Crippen molar-refractivity contribution in [3.8, 4) is 0 Å². The molecule has 0 amide bonds. The molecule has 3 rings (SSSR count). The van der Waals surface area contributed by atoms with Crippen LogP contribution in [0.4, 0.5) is 28.9 Å². The standard InChI is InChI=1S/C16H19FN2.C8H8F3N.C2H6.CH5N/c1-2-9-19-16-11-14(17)8-7-13(16)10-12-5-3-4-6-15(12)18;9-8(10,11)7-4-2-1-3-6(7)5-12;2*1-2/h3-8,11,19H,2,9-10,18H2,1H3;1-4H,5,12H2;1-2H3;2H2,1H3. The first kappa shape index (κ1) is 31.9. The second-order valence-electron chi connectivity index (χ2n) is 6.96. The van der Waals surface area contributed by atoms with Crippen LogP contribution in [-0.4, -0.2) is 13.6 Å². The van der Waals surface area contributed by atoms with Crippen LogP contribution in [0.25, 0.3) is 0 Å². The van der Waals surface area contributed by atoms with Gasteiger partial charge >= 0.3 is 6.18 Å². The van der Waals surface area contributed by atoms with Gasteiger partial charge < -0.3 is 22.5 Å². The third-order valence-corrected chi connectivity index (χ3v) is 4.62. The first-order chi connectivity index (χ1) is 16.8. The Bertz CT molecular complexity index is 975. The number of alkyl halides is 3. The lowest BCUT2D eigenvalue weighted by atomic mass is 10.0. The number of hydrogen-bond acceptors (Lipinski definition) is 4. The first-order valence-corrected chi connectivity index (χ1v) is 11.5. The summed E-state index contributed by atoms with van der Waals surface area (Å²) in [7, 11) is 1.50. The summed E-state index contributed by atoms with van der Waals surface area (Å²) >= 11 is 0. The summed E-state index contributed by atoms with van der Waals surface area (Å²) in [6.45, 7) is 6.83. The van der Waals surface area contributed by atoms with Crippen LogP contribution in [0.1, 0.15) is 49.4 Å². The number of nitrogens with two attached hydrogens (primary N) is 3. The molecule has 0 bridgehead atoms. The molecule has 0 aliphatic heterocycles. The van der Waals surface area contributed by atoms with Crippen molar-refractivity contribution in [3.05, 3.63) is 94.8 Å². The molecule has 0 saturated heterocycles. The van der Waals surface area contributed by atoms with Crippen LogP contribution in [0, 0.1) is 5.82 Å². The summed E-state index contributed by atoms with van der Waals surface area (Å²) < 4.78 is 49.9. The van der Waals surface area contributed by atoms with E-state index in [2.05, 4.69) is 18.0 Å². The Balaban J connectivity index is 0.000000623. The maximum atomic E-state index is 13.3. The summed E-state index contributed by atoms with van der Waals surface area (Å²) in [6, 6.07) is 17.9. The van der Waals surface area contributed by atoms with Crippen LogP contribution in [0.3, 0.4) is 0 Å². The molecule has 3 aromatic rings. The zero-order valence-corrected chi connectivity index (χ0v) is 20.9. The Morgan fingerprint density at radius 3 is 1.91 bits per heavy atom. The number of benzene rings is 3. The normalized spacial score (nSPS) is 10.0. The molecule has 0 fully saturated rings. The van der Waals surface area contributed by atoms with Crippen molar-refractivity contribution >= 4 is 11.4 Å². The van der Waals surface area contributed by atoms with Gasteiger partial charge in [-0.15, -0.1) is 0 Å². The highest BCUT2D eigenvalue weighted by molar-refractivity contribution is 5.56. The number of nitrogen functional groups attached to an aromatic ring is 1. The van der Waals surface area contributed by atoms with E-state index in [4.69, 9.17) is 11.5 Å². The van der Waals surface area contributed by atoms with Crippen LogP contribution in [-0.2, 0) is 19.1 Å². The zero-order valence-electron chi connectivity index (χ0n) is 20.9. The SMILES string of the molecule is CC.CCCNc1cc(F)ccc1Cc1ccccc1N.CN.NCc1ccccc1C(F)(F)F. The molecular weight excluding hydrogens is 456 g/mol. The van der Waals surface area contributed by atoms with E-state index in [0.717, 1.165) is 41.5 Å². The van der Waals surface area contributed by atoms with Gasteiger partial charge in [-0.2, -0.15) is 13.2 Å². The number of rotatable bonds is 6. The lowest BCUT2D eigenvalue weighted by molar-refractivity contribution is -0.138. The Morgan fingerprint density at radius 2 is 1.40 bits per heavy atom. The number of nitrogens with one attached hydrogen (secondary N) is 1. The molecule has 7 N–H and O–H groups in total. The van der Waals surface area contributed by atoms with E-state index in [-0.39, 0.29) is 17.9 Å². The van der Waals surface area contributed by atoms with Crippen molar-refractivity contribution in [1.29, 1.82) is 0 Å². The van der Waals surface area contributed by atoms with Crippen molar-refractivity contribution in [2.75, 3.05) is 24.6 Å². The van der Waals surface area contributed by atoms with Crippen molar-refractivity contribution in [1.82, 2.24) is 0 Å². The van der Waals surface area contributed by atoms with Gasteiger partial charge in [0, 0.05) is 30.9 Å². The van der Waals surface area contributed by atoms with Crippen molar-refractivity contribution < 1.29 is 17.6 Å². The molecule has 194 valence electrons. The Hall–Kier alpha value is -3.10. The van der Waals surface area contributed by atoms with Gasteiger partial charge in [0.15, 0.2) is 0 Å². The fourth-order valence-corrected chi connectivity index (χ4v) is 3.00. The van der Waals surface area contributed by atoms with E-state index in [9.17, 15) is 17.6 Å². The van der Waals surface area contributed by atoms with Crippen LogP contribution < -0.4 is 22.5 Å². The molecular formula is C27H38F4N4. The summed E-state index contributed by atoms with van der Waals surface area (Å²) in [5, 5.41) is 3.26. The van der Waals surface area contributed by atoms with Gasteiger partial charge in [-0.1, -0.05) is 63.2 Å². The minimum absolute atomic E-state index is 0.0876. The minimum atomic E-state index is -4.30. The Labute approximate surface area is 206 Å². The number of para-hydroxylation sites is 1. The van der Waals surface area contributed by atoms with Gasteiger partial charge in [-0.05, 0) is 54.4 Å². The lowest BCUT2D eigenvalue weighted by Crippen LogP contribution is -2.11. The van der Waals surface area contributed by atoms with E-state index in [1.165, 1.54) is 31.3 Å². The molecule has 0 aliphatic rings.